The molecule has 1 aromatic rings. The summed E-state index contributed by atoms with van der Waals surface area (Å²) in [7, 11) is 0. The Morgan fingerprint density at radius 3 is 2.79 bits per heavy atom. The zero-order valence-electron chi connectivity index (χ0n) is 12.2. The molecule has 1 aromatic carbocycles. The molecule has 0 amide bonds. The quantitative estimate of drug-likeness (QED) is 0.840. The Labute approximate surface area is 116 Å². The van der Waals surface area contributed by atoms with E-state index in [0.29, 0.717) is 12.0 Å². The van der Waals surface area contributed by atoms with E-state index in [1.54, 1.807) is 6.07 Å². The minimum absolute atomic E-state index is 0.111. The molecule has 2 heteroatoms. The van der Waals surface area contributed by atoms with Gasteiger partial charge in [0.15, 0.2) is 0 Å². The highest BCUT2D eigenvalue weighted by molar-refractivity contribution is 5.17. The lowest BCUT2D eigenvalue weighted by Gasteiger charge is -2.36. The third kappa shape index (κ3) is 4.04. The van der Waals surface area contributed by atoms with Crippen LogP contribution >= 0.6 is 0 Å². The summed E-state index contributed by atoms with van der Waals surface area (Å²) in [4.78, 5) is 0. The van der Waals surface area contributed by atoms with Gasteiger partial charge < -0.3 is 5.32 Å². The van der Waals surface area contributed by atoms with Gasteiger partial charge in [0.25, 0.3) is 0 Å². The normalized spacial score (nSPS) is 27.4. The molecule has 2 rings (SSSR count). The predicted molar refractivity (Wildman–Crippen MR) is 78.7 cm³/mol. The number of halogens is 1. The van der Waals surface area contributed by atoms with Gasteiger partial charge in [0.1, 0.15) is 5.82 Å². The molecule has 0 aromatic heterocycles. The minimum atomic E-state index is -0.111. The fourth-order valence-electron chi connectivity index (χ4n) is 3.46. The maximum absolute atomic E-state index is 13.3. The van der Waals surface area contributed by atoms with Gasteiger partial charge in [0.2, 0.25) is 0 Å². The van der Waals surface area contributed by atoms with Crippen LogP contribution < -0.4 is 5.32 Å². The molecule has 19 heavy (non-hydrogen) atoms. The van der Waals surface area contributed by atoms with E-state index in [9.17, 15) is 4.39 Å². The Morgan fingerprint density at radius 1 is 1.26 bits per heavy atom. The average molecular weight is 263 g/mol. The van der Waals surface area contributed by atoms with E-state index in [0.717, 1.165) is 24.4 Å². The summed E-state index contributed by atoms with van der Waals surface area (Å²) in [6.07, 6.45) is 6.18. The first-order valence-corrected chi connectivity index (χ1v) is 7.70. The van der Waals surface area contributed by atoms with Crippen LogP contribution in [0.3, 0.4) is 0 Å². The van der Waals surface area contributed by atoms with Gasteiger partial charge in [-0.05, 0) is 61.8 Å². The van der Waals surface area contributed by atoms with Gasteiger partial charge >= 0.3 is 0 Å². The molecule has 106 valence electrons. The van der Waals surface area contributed by atoms with Crippen LogP contribution in [0.2, 0.25) is 0 Å². The third-order valence-corrected chi connectivity index (χ3v) is 4.52. The summed E-state index contributed by atoms with van der Waals surface area (Å²) in [6, 6.07) is 7.71. The second-order valence-corrected chi connectivity index (χ2v) is 5.85. The first-order valence-electron chi connectivity index (χ1n) is 7.70. The highest BCUT2D eigenvalue weighted by Gasteiger charge is 2.29. The molecular weight excluding hydrogens is 237 g/mol. The maximum atomic E-state index is 13.3. The van der Waals surface area contributed by atoms with Crippen molar-refractivity contribution in [2.75, 3.05) is 6.54 Å². The van der Waals surface area contributed by atoms with Crippen molar-refractivity contribution in [3.63, 3.8) is 0 Å². The second-order valence-electron chi connectivity index (χ2n) is 5.85. The Bertz CT molecular complexity index is 391. The van der Waals surface area contributed by atoms with Crippen molar-refractivity contribution in [1.82, 2.24) is 5.32 Å². The van der Waals surface area contributed by atoms with E-state index >= 15 is 0 Å². The fourth-order valence-corrected chi connectivity index (χ4v) is 3.46. The first kappa shape index (κ1) is 14.5. The van der Waals surface area contributed by atoms with Gasteiger partial charge in [-0.25, -0.2) is 4.39 Å². The molecule has 0 saturated heterocycles. The molecule has 0 radical (unpaired) electrons. The third-order valence-electron chi connectivity index (χ3n) is 4.52. The SMILES string of the molecule is CCNC1CCC(CC)CC1Cc1cccc(F)c1. The molecule has 0 heterocycles. The first-order chi connectivity index (χ1) is 9.22. The summed E-state index contributed by atoms with van der Waals surface area (Å²) in [5.74, 6) is 1.40. The molecule has 1 saturated carbocycles. The van der Waals surface area contributed by atoms with Crippen molar-refractivity contribution < 1.29 is 4.39 Å². The molecule has 0 aliphatic heterocycles. The van der Waals surface area contributed by atoms with Crippen LogP contribution in [0.5, 0.6) is 0 Å². The van der Waals surface area contributed by atoms with E-state index in [1.807, 2.05) is 6.07 Å². The van der Waals surface area contributed by atoms with E-state index < -0.39 is 0 Å². The molecule has 1 aliphatic carbocycles. The van der Waals surface area contributed by atoms with Crippen molar-refractivity contribution in [1.29, 1.82) is 0 Å². The zero-order chi connectivity index (χ0) is 13.7. The van der Waals surface area contributed by atoms with Crippen LogP contribution in [-0.2, 0) is 6.42 Å². The summed E-state index contributed by atoms with van der Waals surface area (Å²) >= 11 is 0. The predicted octanol–water partition coefficient (Wildman–Crippen LogP) is 4.17. The molecule has 0 bridgehead atoms. The van der Waals surface area contributed by atoms with Crippen LogP contribution in [0.15, 0.2) is 24.3 Å². The highest BCUT2D eigenvalue weighted by Crippen LogP contribution is 2.33. The van der Waals surface area contributed by atoms with Gasteiger partial charge in [-0.15, -0.1) is 0 Å². The van der Waals surface area contributed by atoms with Crippen LogP contribution in [0.25, 0.3) is 0 Å². The van der Waals surface area contributed by atoms with E-state index in [1.165, 1.54) is 31.7 Å². The van der Waals surface area contributed by atoms with E-state index in [2.05, 4.69) is 25.2 Å². The summed E-state index contributed by atoms with van der Waals surface area (Å²) in [5, 5.41) is 3.62. The van der Waals surface area contributed by atoms with E-state index in [-0.39, 0.29) is 5.82 Å². The lowest BCUT2D eigenvalue weighted by molar-refractivity contribution is 0.200. The van der Waals surface area contributed by atoms with Crippen LogP contribution in [0.4, 0.5) is 4.39 Å². The largest absolute Gasteiger partial charge is 0.314 e. The monoisotopic (exact) mass is 263 g/mol. The Morgan fingerprint density at radius 2 is 2.11 bits per heavy atom. The summed E-state index contributed by atoms with van der Waals surface area (Å²) < 4.78 is 13.3. The highest BCUT2D eigenvalue weighted by atomic mass is 19.1. The minimum Gasteiger partial charge on any atom is -0.314 e. The lowest BCUT2D eigenvalue weighted by atomic mass is 9.74. The van der Waals surface area contributed by atoms with Crippen LogP contribution in [0, 0.1) is 17.7 Å². The van der Waals surface area contributed by atoms with E-state index in [4.69, 9.17) is 0 Å². The smallest absolute Gasteiger partial charge is 0.123 e. The van der Waals surface area contributed by atoms with Gasteiger partial charge in [0, 0.05) is 6.04 Å². The number of nitrogens with one attached hydrogen (secondary N) is 1. The maximum Gasteiger partial charge on any atom is 0.123 e. The van der Waals surface area contributed by atoms with Crippen LogP contribution in [0.1, 0.15) is 45.1 Å². The Hall–Kier alpha value is -0.890. The fraction of sp³-hybridized carbons (Fsp3) is 0.647. The summed E-state index contributed by atoms with van der Waals surface area (Å²) in [6.45, 7) is 5.49. The average Bonchev–Trinajstić information content (AvgIpc) is 2.41. The number of benzene rings is 1. The number of hydrogen-bond donors (Lipinski definition) is 1. The molecule has 0 spiro atoms. The number of hydrogen-bond acceptors (Lipinski definition) is 1. The van der Waals surface area contributed by atoms with Gasteiger partial charge in [0.05, 0.1) is 0 Å². The molecule has 3 atom stereocenters. The molecule has 1 N–H and O–H groups in total. The van der Waals surface area contributed by atoms with Gasteiger partial charge in [-0.1, -0.05) is 32.4 Å². The van der Waals surface area contributed by atoms with Crippen LogP contribution in [-0.4, -0.2) is 12.6 Å². The van der Waals surface area contributed by atoms with Gasteiger partial charge in [-0.3, -0.25) is 0 Å². The Kier molecular flexibility index (Phi) is 5.38. The van der Waals surface area contributed by atoms with Gasteiger partial charge in [-0.2, -0.15) is 0 Å². The zero-order valence-corrected chi connectivity index (χ0v) is 12.2. The molecule has 1 nitrogen and oxygen atoms in total. The standard InChI is InChI=1S/C17H26FN/c1-3-13-8-9-17(19-4-2)15(10-13)11-14-6-5-7-16(18)12-14/h5-7,12-13,15,17,19H,3-4,8-11H2,1-2H3. The van der Waals surface area contributed by atoms with Crippen molar-refractivity contribution >= 4 is 0 Å². The topological polar surface area (TPSA) is 12.0 Å². The van der Waals surface area contributed by atoms with Crippen molar-refractivity contribution in [3.05, 3.63) is 35.6 Å². The molecule has 1 fully saturated rings. The van der Waals surface area contributed by atoms with Crippen molar-refractivity contribution in [2.24, 2.45) is 11.8 Å². The molecule has 3 unspecified atom stereocenters. The molecular formula is C17H26FN. The lowest BCUT2D eigenvalue weighted by Crippen LogP contribution is -2.41. The Balaban J connectivity index is 2.04. The number of rotatable bonds is 5. The van der Waals surface area contributed by atoms with Crippen molar-refractivity contribution in [2.45, 2.75) is 52.0 Å². The summed E-state index contributed by atoms with van der Waals surface area (Å²) in [5.41, 5.74) is 1.14. The van der Waals surface area contributed by atoms with Crippen molar-refractivity contribution in [3.8, 4) is 0 Å². The molecule has 1 aliphatic rings. The second kappa shape index (κ2) is 7.04.